The molecule has 0 fully saturated rings. The van der Waals surface area contributed by atoms with Gasteiger partial charge in [0.15, 0.2) is 0 Å². The van der Waals surface area contributed by atoms with Crippen LogP contribution in [0, 0.1) is 27.7 Å². The van der Waals surface area contributed by atoms with Gasteiger partial charge in [0, 0.05) is 5.56 Å². The molecular weight excluding hydrogens is 314 g/mol. The Bertz CT molecular complexity index is 851. The molecule has 0 radical (unpaired) electrons. The van der Waals surface area contributed by atoms with Crippen LogP contribution in [0.25, 0.3) is 0 Å². The molecule has 1 amide bonds. The van der Waals surface area contributed by atoms with Crippen LogP contribution in [-0.2, 0) is 0 Å². The van der Waals surface area contributed by atoms with E-state index >= 15 is 0 Å². The highest BCUT2D eigenvalue weighted by Gasteiger charge is 2.44. The van der Waals surface area contributed by atoms with Gasteiger partial charge in [-0.3, -0.25) is 5.32 Å². The number of hydrogen-bond acceptors (Lipinski definition) is 2. The minimum atomic E-state index is -1.05. The molecule has 0 bridgehead atoms. The van der Waals surface area contributed by atoms with Crippen molar-refractivity contribution in [2.75, 3.05) is 5.32 Å². The molecule has 1 atom stereocenters. The van der Waals surface area contributed by atoms with Gasteiger partial charge in [-0.15, -0.1) is 0 Å². The summed E-state index contributed by atoms with van der Waals surface area (Å²) in [5.74, 6) is 0.943. The number of carboxylic acid groups (broad SMARTS) is 1. The van der Waals surface area contributed by atoms with Gasteiger partial charge >= 0.3 is 6.09 Å². The zero-order chi connectivity index (χ0) is 18.5. The van der Waals surface area contributed by atoms with Gasteiger partial charge in [-0.25, -0.2) is 4.79 Å². The molecule has 132 valence electrons. The van der Waals surface area contributed by atoms with Crippen LogP contribution in [-0.4, -0.2) is 16.8 Å². The third-order valence-corrected chi connectivity index (χ3v) is 5.29. The van der Waals surface area contributed by atoms with E-state index in [1.165, 1.54) is 11.1 Å². The van der Waals surface area contributed by atoms with Gasteiger partial charge in [-0.2, -0.15) is 0 Å². The number of rotatable bonds is 2. The summed E-state index contributed by atoms with van der Waals surface area (Å²) >= 11 is 0. The van der Waals surface area contributed by atoms with Crippen LogP contribution < -0.4 is 10.1 Å². The maximum Gasteiger partial charge on any atom is 0.409 e. The van der Waals surface area contributed by atoms with E-state index in [2.05, 4.69) is 50.4 Å². The van der Waals surface area contributed by atoms with Crippen molar-refractivity contribution < 1.29 is 14.6 Å². The standard InChI is InChI=1S/C21H25NO3/c1-11-7-9-15(10-8-11)17-16-14(4)18(22-20(23)24)12(2)13(3)19(16)25-21(17,5)6/h7-10,17,22H,1-6H3,(H,23,24). The van der Waals surface area contributed by atoms with Gasteiger partial charge < -0.3 is 9.84 Å². The zero-order valence-corrected chi connectivity index (χ0v) is 15.7. The average Bonchev–Trinajstić information content (AvgIpc) is 2.82. The van der Waals surface area contributed by atoms with Crippen LogP contribution in [0.2, 0.25) is 0 Å². The number of amides is 1. The number of benzene rings is 2. The summed E-state index contributed by atoms with van der Waals surface area (Å²) in [6, 6.07) is 8.49. The lowest BCUT2D eigenvalue weighted by atomic mass is 9.78. The summed E-state index contributed by atoms with van der Waals surface area (Å²) in [6.07, 6.45) is -1.05. The largest absolute Gasteiger partial charge is 0.486 e. The molecule has 0 aromatic heterocycles. The van der Waals surface area contributed by atoms with E-state index in [4.69, 9.17) is 4.74 Å². The molecule has 1 aliphatic heterocycles. The summed E-state index contributed by atoms with van der Waals surface area (Å²) in [7, 11) is 0. The molecule has 4 nitrogen and oxygen atoms in total. The molecule has 2 aromatic rings. The van der Waals surface area contributed by atoms with Crippen molar-refractivity contribution in [3.63, 3.8) is 0 Å². The second-order valence-electron chi connectivity index (χ2n) is 7.47. The third-order valence-electron chi connectivity index (χ3n) is 5.29. The van der Waals surface area contributed by atoms with Gasteiger partial charge in [-0.1, -0.05) is 29.8 Å². The number of aryl methyl sites for hydroxylation is 1. The van der Waals surface area contributed by atoms with E-state index in [0.717, 1.165) is 28.0 Å². The molecule has 2 aromatic carbocycles. The number of ether oxygens (including phenoxy) is 1. The second-order valence-corrected chi connectivity index (χ2v) is 7.47. The molecule has 1 unspecified atom stereocenters. The normalized spacial score (nSPS) is 17.8. The van der Waals surface area contributed by atoms with Gasteiger partial charge in [0.25, 0.3) is 0 Å². The lowest BCUT2D eigenvalue weighted by Crippen LogP contribution is -2.31. The molecule has 4 heteroatoms. The Morgan fingerprint density at radius 1 is 1.04 bits per heavy atom. The van der Waals surface area contributed by atoms with Crippen LogP contribution in [0.4, 0.5) is 10.5 Å². The minimum absolute atomic E-state index is 0.0525. The summed E-state index contributed by atoms with van der Waals surface area (Å²) in [5, 5.41) is 11.8. The molecule has 0 aliphatic carbocycles. The summed E-state index contributed by atoms with van der Waals surface area (Å²) in [6.45, 7) is 12.2. The molecular formula is C21H25NO3. The highest BCUT2D eigenvalue weighted by Crippen LogP contribution is 2.53. The monoisotopic (exact) mass is 339 g/mol. The van der Waals surface area contributed by atoms with Crippen LogP contribution in [0.5, 0.6) is 5.75 Å². The number of anilines is 1. The average molecular weight is 339 g/mol. The second kappa shape index (κ2) is 5.80. The first kappa shape index (κ1) is 17.3. The van der Waals surface area contributed by atoms with Crippen molar-refractivity contribution in [1.29, 1.82) is 0 Å². The lowest BCUT2D eigenvalue weighted by Gasteiger charge is -2.27. The first-order valence-corrected chi connectivity index (χ1v) is 8.52. The van der Waals surface area contributed by atoms with Crippen LogP contribution in [0.1, 0.15) is 53.1 Å². The van der Waals surface area contributed by atoms with Gasteiger partial charge in [0.1, 0.15) is 11.4 Å². The maximum absolute atomic E-state index is 11.3. The molecule has 25 heavy (non-hydrogen) atoms. The highest BCUT2D eigenvalue weighted by atomic mass is 16.5. The van der Waals surface area contributed by atoms with Crippen molar-refractivity contribution in [2.24, 2.45) is 0 Å². The van der Waals surface area contributed by atoms with Gasteiger partial charge in [0.05, 0.1) is 11.6 Å². The Morgan fingerprint density at radius 2 is 1.64 bits per heavy atom. The van der Waals surface area contributed by atoms with Crippen LogP contribution >= 0.6 is 0 Å². The van der Waals surface area contributed by atoms with E-state index in [-0.39, 0.29) is 5.92 Å². The van der Waals surface area contributed by atoms with Gasteiger partial charge in [0.2, 0.25) is 0 Å². The summed E-state index contributed by atoms with van der Waals surface area (Å²) in [4.78, 5) is 11.3. The topological polar surface area (TPSA) is 58.6 Å². The van der Waals surface area contributed by atoms with Crippen LogP contribution in [0.3, 0.4) is 0 Å². The highest BCUT2D eigenvalue weighted by molar-refractivity contribution is 5.87. The molecule has 0 spiro atoms. The molecule has 2 N–H and O–H groups in total. The Hall–Kier alpha value is -2.49. The Morgan fingerprint density at radius 3 is 2.20 bits per heavy atom. The zero-order valence-electron chi connectivity index (χ0n) is 15.7. The summed E-state index contributed by atoms with van der Waals surface area (Å²) in [5.41, 5.74) is 6.60. The maximum atomic E-state index is 11.3. The van der Waals surface area contributed by atoms with Gasteiger partial charge in [-0.05, 0) is 63.8 Å². The van der Waals surface area contributed by atoms with Crippen LogP contribution in [0.15, 0.2) is 24.3 Å². The minimum Gasteiger partial charge on any atom is -0.486 e. The number of fused-ring (bicyclic) bond motifs is 1. The van der Waals surface area contributed by atoms with Crippen molar-refractivity contribution in [3.05, 3.63) is 57.6 Å². The van der Waals surface area contributed by atoms with Crippen molar-refractivity contribution in [3.8, 4) is 5.75 Å². The van der Waals surface area contributed by atoms with E-state index in [1.54, 1.807) is 0 Å². The van der Waals surface area contributed by atoms with E-state index in [1.807, 2.05) is 20.8 Å². The molecule has 1 aliphatic rings. The van der Waals surface area contributed by atoms with Crippen molar-refractivity contribution in [2.45, 2.75) is 53.1 Å². The van der Waals surface area contributed by atoms with E-state index < -0.39 is 11.7 Å². The van der Waals surface area contributed by atoms with E-state index in [0.29, 0.717) is 5.69 Å². The predicted molar refractivity (Wildman–Crippen MR) is 100 cm³/mol. The fourth-order valence-corrected chi connectivity index (χ4v) is 3.92. The Kier molecular flexibility index (Phi) is 4.02. The van der Waals surface area contributed by atoms with E-state index in [9.17, 15) is 9.90 Å². The molecule has 0 saturated carbocycles. The smallest absolute Gasteiger partial charge is 0.409 e. The molecule has 0 saturated heterocycles. The molecule has 3 rings (SSSR count). The number of nitrogens with one attached hydrogen (secondary N) is 1. The fraction of sp³-hybridized carbons (Fsp3) is 0.381. The molecule has 1 heterocycles. The van der Waals surface area contributed by atoms with Crippen molar-refractivity contribution in [1.82, 2.24) is 0 Å². The Balaban J connectivity index is 2.27. The first-order valence-electron chi connectivity index (χ1n) is 8.52. The SMILES string of the molecule is Cc1ccc(C2c3c(C)c(NC(=O)O)c(C)c(C)c3OC2(C)C)cc1. The number of hydrogen-bond donors (Lipinski definition) is 2. The summed E-state index contributed by atoms with van der Waals surface area (Å²) < 4.78 is 6.37. The quantitative estimate of drug-likeness (QED) is 0.779. The number of carbonyl (C=O) groups is 1. The fourth-order valence-electron chi connectivity index (χ4n) is 3.92. The predicted octanol–water partition coefficient (Wildman–Crippen LogP) is 5.31. The Labute approximate surface area is 148 Å². The third kappa shape index (κ3) is 2.76. The van der Waals surface area contributed by atoms with Crippen molar-refractivity contribution >= 4 is 11.8 Å². The lowest BCUT2D eigenvalue weighted by molar-refractivity contribution is 0.121. The first-order chi connectivity index (χ1) is 11.6.